The smallest absolute Gasteiger partial charge is 0.270 e. The van der Waals surface area contributed by atoms with E-state index in [1.165, 1.54) is 29.1 Å². The summed E-state index contributed by atoms with van der Waals surface area (Å²) in [6, 6.07) is 18.4. The number of non-ortho nitro benzene ring substituents is 1. The molecule has 0 aliphatic heterocycles. The predicted octanol–water partition coefficient (Wildman–Crippen LogP) is 4.63. The summed E-state index contributed by atoms with van der Waals surface area (Å²) >= 11 is 5.91. The molecule has 1 N–H and O–H groups in total. The number of carbonyl (C=O) groups excluding carboxylic acids is 1. The highest BCUT2D eigenvalue weighted by molar-refractivity contribution is 6.30. The van der Waals surface area contributed by atoms with Crippen LogP contribution in [-0.2, 0) is 4.79 Å². The molecule has 30 heavy (non-hydrogen) atoms. The van der Waals surface area contributed by atoms with Crippen LogP contribution in [0.5, 0.6) is 0 Å². The molecule has 1 amide bonds. The van der Waals surface area contributed by atoms with Gasteiger partial charge in [0.2, 0.25) is 5.91 Å². The number of nitrogens with zero attached hydrogens (tertiary/aromatic N) is 4. The van der Waals surface area contributed by atoms with Gasteiger partial charge in [0.1, 0.15) is 11.0 Å². The van der Waals surface area contributed by atoms with Crippen molar-refractivity contribution >= 4 is 46.0 Å². The number of amides is 1. The number of benzene rings is 3. The van der Waals surface area contributed by atoms with E-state index in [4.69, 9.17) is 11.6 Å². The molecule has 0 bridgehead atoms. The zero-order valence-electron chi connectivity index (χ0n) is 15.4. The molecule has 0 atom stereocenters. The Hall–Kier alpha value is -4.04. The van der Waals surface area contributed by atoms with E-state index in [1.54, 1.807) is 42.5 Å². The Kier molecular flexibility index (Phi) is 5.23. The highest BCUT2D eigenvalue weighted by atomic mass is 35.5. The van der Waals surface area contributed by atoms with Gasteiger partial charge in [0.05, 0.1) is 10.6 Å². The van der Waals surface area contributed by atoms with Crippen LogP contribution < -0.4 is 5.32 Å². The topological polar surface area (TPSA) is 103 Å². The molecule has 8 nitrogen and oxygen atoms in total. The summed E-state index contributed by atoms with van der Waals surface area (Å²) in [5.74, 6) is -0.369. The molecule has 0 aliphatic carbocycles. The number of aromatic nitrogens is 3. The van der Waals surface area contributed by atoms with Crippen molar-refractivity contribution < 1.29 is 9.72 Å². The van der Waals surface area contributed by atoms with Crippen molar-refractivity contribution in [3.05, 3.63) is 93.5 Å². The number of anilines is 1. The maximum atomic E-state index is 12.2. The summed E-state index contributed by atoms with van der Waals surface area (Å²) in [6.07, 6.45) is 2.82. The van der Waals surface area contributed by atoms with Crippen LogP contribution in [0.2, 0.25) is 5.02 Å². The third-order valence-electron chi connectivity index (χ3n) is 4.21. The zero-order chi connectivity index (χ0) is 21.1. The molecule has 148 valence electrons. The molecule has 0 saturated carbocycles. The van der Waals surface area contributed by atoms with Crippen molar-refractivity contribution in [3.63, 3.8) is 0 Å². The second kappa shape index (κ2) is 8.14. The summed E-state index contributed by atoms with van der Waals surface area (Å²) in [6.45, 7) is 0. The van der Waals surface area contributed by atoms with E-state index in [1.807, 2.05) is 12.1 Å². The van der Waals surface area contributed by atoms with Gasteiger partial charge in [-0.3, -0.25) is 14.9 Å². The lowest BCUT2D eigenvalue weighted by molar-refractivity contribution is -0.384. The fraction of sp³-hybridized carbons (Fsp3) is 0. The molecular weight excluding hydrogens is 406 g/mol. The largest absolute Gasteiger partial charge is 0.322 e. The van der Waals surface area contributed by atoms with Gasteiger partial charge in [-0.1, -0.05) is 23.7 Å². The van der Waals surface area contributed by atoms with Crippen molar-refractivity contribution in [3.8, 4) is 5.69 Å². The van der Waals surface area contributed by atoms with Crippen LogP contribution in [0.25, 0.3) is 22.8 Å². The first-order valence-electron chi connectivity index (χ1n) is 8.84. The quantitative estimate of drug-likeness (QED) is 0.288. The van der Waals surface area contributed by atoms with Gasteiger partial charge in [0, 0.05) is 28.9 Å². The van der Waals surface area contributed by atoms with Gasteiger partial charge >= 0.3 is 0 Å². The van der Waals surface area contributed by atoms with E-state index in [2.05, 4.69) is 15.5 Å². The fourth-order valence-electron chi connectivity index (χ4n) is 2.78. The molecule has 1 heterocycles. The first kappa shape index (κ1) is 19.3. The van der Waals surface area contributed by atoms with Crippen LogP contribution in [0.15, 0.2) is 72.8 Å². The second-order valence-electron chi connectivity index (χ2n) is 6.34. The molecule has 0 fully saturated rings. The SMILES string of the molecule is O=C(/C=C/c1cccc([N+](=O)[O-])c1)Nc1ccc2nn(-c3ccc(Cl)cc3)nc2c1. The monoisotopic (exact) mass is 419 g/mol. The van der Waals surface area contributed by atoms with Crippen LogP contribution >= 0.6 is 11.6 Å². The Morgan fingerprint density at radius 2 is 1.80 bits per heavy atom. The Labute approximate surface area is 175 Å². The van der Waals surface area contributed by atoms with Crippen molar-refractivity contribution in [1.29, 1.82) is 0 Å². The maximum absolute atomic E-state index is 12.2. The summed E-state index contributed by atoms with van der Waals surface area (Å²) in [4.78, 5) is 24.1. The van der Waals surface area contributed by atoms with Gasteiger partial charge in [-0.2, -0.15) is 4.80 Å². The number of carbonyl (C=O) groups is 1. The van der Waals surface area contributed by atoms with E-state index in [0.29, 0.717) is 27.3 Å². The lowest BCUT2D eigenvalue weighted by atomic mass is 10.2. The molecule has 9 heteroatoms. The summed E-state index contributed by atoms with van der Waals surface area (Å²) < 4.78 is 0. The molecule has 0 saturated heterocycles. The highest BCUT2D eigenvalue weighted by Crippen LogP contribution is 2.19. The van der Waals surface area contributed by atoms with E-state index in [0.717, 1.165) is 5.69 Å². The molecule has 0 spiro atoms. The van der Waals surface area contributed by atoms with Crippen LogP contribution in [0, 0.1) is 10.1 Å². The van der Waals surface area contributed by atoms with Crippen molar-refractivity contribution in [1.82, 2.24) is 15.0 Å². The van der Waals surface area contributed by atoms with E-state index >= 15 is 0 Å². The molecule has 3 aromatic carbocycles. The minimum absolute atomic E-state index is 0.0354. The van der Waals surface area contributed by atoms with E-state index in [9.17, 15) is 14.9 Å². The van der Waals surface area contributed by atoms with Crippen LogP contribution in [0.4, 0.5) is 11.4 Å². The molecular formula is C21H14ClN5O3. The van der Waals surface area contributed by atoms with Gasteiger partial charge in [0.15, 0.2) is 0 Å². The van der Waals surface area contributed by atoms with Crippen molar-refractivity contribution in [2.45, 2.75) is 0 Å². The molecule has 4 aromatic rings. The number of fused-ring (bicyclic) bond motifs is 1. The molecule has 0 radical (unpaired) electrons. The van der Waals surface area contributed by atoms with Gasteiger partial charge in [-0.25, -0.2) is 0 Å². The number of nitro groups is 1. The third kappa shape index (κ3) is 4.34. The standard InChI is InChI=1S/C21H14ClN5O3/c22-15-5-8-17(9-6-15)26-24-19-10-7-16(13-20(19)25-26)23-21(28)11-4-14-2-1-3-18(12-14)27(29)30/h1-13H,(H,23,28)/b11-4+. The van der Waals surface area contributed by atoms with Crippen molar-refractivity contribution in [2.24, 2.45) is 0 Å². The normalized spacial score (nSPS) is 11.1. The predicted molar refractivity (Wildman–Crippen MR) is 115 cm³/mol. The average Bonchev–Trinajstić information content (AvgIpc) is 3.16. The molecule has 0 unspecified atom stereocenters. The summed E-state index contributed by atoms with van der Waals surface area (Å²) in [5, 5.41) is 23.0. The number of rotatable bonds is 5. The first-order valence-corrected chi connectivity index (χ1v) is 9.22. The Morgan fingerprint density at radius 1 is 1.03 bits per heavy atom. The number of halogens is 1. The van der Waals surface area contributed by atoms with Crippen molar-refractivity contribution in [2.75, 3.05) is 5.32 Å². The van der Waals surface area contributed by atoms with Gasteiger partial charge in [-0.15, -0.1) is 10.2 Å². The lowest BCUT2D eigenvalue weighted by Gasteiger charge is -2.01. The number of hydrogen-bond donors (Lipinski definition) is 1. The van der Waals surface area contributed by atoms with E-state index < -0.39 is 4.92 Å². The van der Waals surface area contributed by atoms with Gasteiger partial charge in [-0.05, 0) is 54.1 Å². The second-order valence-corrected chi connectivity index (χ2v) is 6.78. The number of nitrogens with one attached hydrogen (secondary N) is 1. The van der Waals surface area contributed by atoms with E-state index in [-0.39, 0.29) is 11.6 Å². The fourth-order valence-corrected chi connectivity index (χ4v) is 2.91. The first-order chi connectivity index (χ1) is 14.5. The average molecular weight is 420 g/mol. The number of hydrogen-bond acceptors (Lipinski definition) is 5. The Balaban J connectivity index is 1.49. The van der Waals surface area contributed by atoms with Gasteiger partial charge < -0.3 is 5.32 Å². The molecule has 1 aromatic heterocycles. The van der Waals surface area contributed by atoms with Crippen LogP contribution in [0.1, 0.15) is 5.56 Å². The number of nitro benzene ring substituents is 1. The Bertz CT molecular complexity index is 1280. The minimum Gasteiger partial charge on any atom is -0.322 e. The third-order valence-corrected chi connectivity index (χ3v) is 4.47. The summed E-state index contributed by atoms with van der Waals surface area (Å²) in [7, 11) is 0. The molecule has 0 aliphatic rings. The lowest BCUT2D eigenvalue weighted by Crippen LogP contribution is -2.07. The zero-order valence-corrected chi connectivity index (χ0v) is 16.2. The van der Waals surface area contributed by atoms with Gasteiger partial charge in [0.25, 0.3) is 5.69 Å². The highest BCUT2D eigenvalue weighted by Gasteiger charge is 2.08. The molecule has 4 rings (SSSR count). The van der Waals surface area contributed by atoms with Crippen LogP contribution in [0.3, 0.4) is 0 Å². The van der Waals surface area contributed by atoms with Crippen LogP contribution in [-0.4, -0.2) is 25.8 Å². The Morgan fingerprint density at radius 3 is 2.57 bits per heavy atom. The summed E-state index contributed by atoms with van der Waals surface area (Å²) in [5.41, 5.74) is 3.13. The minimum atomic E-state index is -0.482. The maximum Gasteiger partial charge on any atom is 0.270 e.